The van der Waals surface area contributed by atoms with E-state index < -0.39 is 10.0 Å². The first-order chi connectivity index (χ1) is 9.38. The molecule has 0 aromatic heterocycles. The van der Waals surface area contributed by atoms with Crippen LogP contribution >= 0.6 is 15.9 Å². The van der Waals surface area contributed by atoms with E-state index in [1.807, 2.05) is 24.3 Å². The Labute approximate surface area is 125 Å². The molecular weight excluding hydrogens is 344 g/mol. The molecule has 0 saturated heterocycles. The number of halogens is 1. The highest BCUT2D eigenvalue weighted by Crippen LogP contribution is 2.27. The van der Waals surface area contributed by atoms with Crippen molar-refractivity contribution in [2.75, 3.05) is 5.73 Å². The highest BCUT2D eigenvalue weighted by Gasteiger charge is 2.16. The predicted octanol–water partition coefficient (Wildman–Crippen LogP) is 2.26. The molecule has 4 N–H and O–H groups in total. The molecule has 0 aliphatic heterocycles. The van der Waals surface area contributed by atoms with Gasteiger partial charge in [0.2, 0.25) is 10.0 Å². The molecule has 0 aliphatic rings. The Kier molecular flexibility index (Phi) is 4.32. The van der Waals surface area contributed by atoms with Crippen molar-refractivity contribution < 1.29 is 13.2 Å². The van der Waals surface area contributed by atoms with Crippen molar-refractivity contribution in [1.82, 2.24) is 0 Å². The van der Waals surface area contributed by atoms with Crippen LogP contribution in [0.15, 0.2) is 51.8 Å². The van der Waals surface area contributed by atoms with E-state index >= 15 is 0 Å². The number of hydrogen-bond donors (Lipinski definition) is 2. The lowest BCUT2D eigenvalue weighted by atomic mass is 10.2. The van der Waals surface area contributed by atoms with E-state index in [1.54, 1.807) is 6.07 Å². The molecule has 0 unspecified atom stereocenters. The van der Waals surface area contributed by atoms with Crippen molar-refractivity contribution in [3.05, 3.63) is 52.5 Å². The molecular formula is C13H13BrN2O3S. The highest BCUT2D eigenvalue weighted by molar-refractivity contribution is 9.10. The maximum atomic E-state index is 11.5. The molecule has 106 valence electrons. The van der Waals surface area contributed by atoms with Gasteiger partial charge in [-0.25, -0.2) is 13.6 Å². The Morgan fingerprint density at radius 3 is 2.50 bits per heavy atom. The summed E-state index contributed by atoms with van der Waals surface area (Å²) in [4.78, 5) is -0.121. The van der Waals surface area contributed by atoms with Crippen LogP contribution in [0.4, 0.5) is 5.69 Å². The van der Waals surface area contributed by atoms with Gasteiger partial charge in [0.1, 0.15) is 17.3 Å². The summed E-state index contributed by atoms with van der Waals surface area (Å²) in [5, 5.41) is 5.15. The molecule has 2 rings (SSSR count). The van der Waals surface area contributed by atoms with Crippen LogP contribution in [0.2, 0.25) is 0 Å². The summed E-state index contributed by atoms with van der Waals surface area (Å²) >= 11 is 3.40. The molecule has 0 atom stereocenters. The third-order valence-corrected chi connectivity index (χ3v) is 4.32. The molecule has 0 heterocycles. The van der Waals surface area contributed by atoms with E-state index in [1.165, 1.54) is 12.1 Å². The summed E-state index contributed by atoms with van der Waals surface area (Å²) < 4.78 is 29.5. The van der Waals surface area contributed by atoms with E-state index in [0.29, 0.717) is 5.69 Å². The third-order valence-electron chi connectivity index (χ3n) is 2.62. The second-order valence-corrected chi connectivity index (χ2v) is 6.52. The van der Waals surface area contributed by atoms with Gasteiger partial charge >= 0.3 is 0 Å². The van der Waals surface area contributed by atoms with Crippen molar-refractivity contribution in [2.24, 2.45) is 5.14 Å². The minimum absolute atomic E-state index is 0.121. The number of ether oxygens (including phenoxy) is 1. The van der Waals surface area contributed by atoms with Crippen LogP contribution in [0, 0.1) is 0 Å². The van der Waals surface area contributed by atoms with Crippen molar-refractivity contribution >= 4 is 31.6 Å². The Bertz CT molecular complexity index is 732. The zero-order chi connectivity index (χ0) is 14.8. The Balaban J connectivity index is 2.29. The summed E-state index contributed by atoms with van der Waals surface area (Å²) in [5.74, 6) is 0.178. The van der Waals surface area contributed by atoms with Crippen molar-refractivity contribution in [2.45, 2.75) is 11.5 Å². The zero-order valence-corrected chi connectivity index (χ0v) is 12.8. The minimum atomic E-state index is -3.89. The molecule has 0 bridgehead atoms. The average molecular weight is 357 g/mol. The summed E-state index contributed by atoms with van der Waals surface area (Å²) in [6, 6.07) is 11.8. The normalized spacial score (nSPS) is 11.3. The molecule has 0 radical (unpaired) electrons. The minimum Gasteiger partial charge on any atom is -0.487 e. The van der Waals surface area contributed by atoms with E-state index in [9.17, 15) is 8.42 Å². The van der Waals surface area contributed by atoms with Crippen LogP contribution in [0.3, 0.4) is 0 Å². The number of benzene rings is 2. The molecule has 2 aromatic carbocycles. The lowest BCUT2D eigenvalue weighted by Crippen LogP contribution is -2.14. The quantitative estimate of drug-likeness (QED) is 0.821. The summed E-state index contributed by atoms with van der Waals surface area (Å²) in [6.07, 6.45) is 0. The van der Waals surface area contributed by atoms with Crippen molar-refractivity contribution in [3.63, 3.8) is 0 Å². The molecule has 2 aromatic rings. The van der Waals surface area contributed by atoms with Crippen molar-refractivity contribution in [3.8, 4) is 5.75 Å². The van der Waals surface area contributed by atoms with Crippen molar-refractivity contribution in [1.29, 1.82) is 0 Å². The van der Waals surface area contributed by atoms with E-state index in [0.717, 1.165) is 10.0 Å². The molecule has 0 saturated carbocycles. The largest absolute Gasteiger partial charge is 0.487 e. The first kappa shape index (κ1) is 14.8. The Hall–Kier alpha value is -1.57. The topological polar surface area (TPSA) is 95.4 Å². The van der Waals surface area contributed by atoms with Gasteiger partial charge < -0.3 is 10.5 Å². The van der Waals surface area contributed by atoms with Crippen LogP contribution < -0.4 is 15.6 Å². The first-order valence-corrected chi connectivity index (χ1v) is 8.00. The first-order valence-electron chi connectivity index (χ1n) is 5.66. The number of hydrogen-bond acceptors (Lipinski definition) is 4. The van der Waals surface area contributed by atoms with Gasteiger partial charge in [-0.3, -0.25) is 0 Å². The van der Waals surface area contributed by atoms with Gasteiger partial charge in [0, 0.05) is 15.7 Å². The highest BCUT2D eigenvalue weighted by atomic mass is 79.9. The standard InChI is InChI=1S/C13H13BrN2O3S/c14-11-4-2-1-3-9(11)8-19-12-6-5-10(15)7-13(12)20(16,17)18/h1-7H,8,15H2,(H2,16,17,18). The van der Waals surface area contributed by atoms with Crippen LogP contribution in [-0.4, -0.2) is 8.42 Å². The molecule has 20 heavy (non-hydrogen) atoms. The smallest absolute Gasteiger partial charge is 0.241 e. The molecule has 5 nitrogen and oxygen atoms in total. The van der Waals surface area contributed by atoms with Gasteiger partial charge in [0.25, 0.3) is 0 Å². The number of rotatable bonds is 4. The number of nitrogens with two attached hydrogens (primary N) is 2. The summed E-state index contributed by atoms with van der Waals surface area (Å²) in [7, 11) is -3.89. The number of sulfonamides is 1. The average Bonchev–Trinajstić information content (AvgIpc) is 2.38. The second-order valence-electron chi connectivity index (χ2n) is 4.13. The fourth-order valence-electron chi connectivity index (χ4n) is 1.64. The van der Waals surface area contributed by atoms with E-state index in [2.05, 4.69) is 15.9 Å². The summed E-state index contributed by atoms with van der Waals surface area (Å²) in [6.45, 7) is 0.216. The van der Waals surface area contributed by atoms with Gasteiger partial charge in [0.05, 0.1) is 0 Å². The van der Waals surface area contributed by atoms with Gasteiger partial charge in [-0.1, -0.05) is 34.1 Å². The lowest BCUT2D eigenvalue weighted by Gasteiger charge is -2.11. The van der Waals surface area contributed by atoms with Crippen LogP contribution in [0.25, 0.3) is 0 Å². The maximum Gasteiger partial charge on any atom is 0.241 e. The molecule has 0 spiro atoms. The predicted molar refractivity (Wildman–Crippen MR) is 80.7 cm³/mol. The number of nitrogen functional groups attached to an aromatic ring is 1. The van der Waals surface area contributed by atoms with Crippen LogP contribution in [-0.2, 0) is 16.6 Å². The Morgan fingerprint density at radius 2 is 1.85 bits per heavy atom. The molecule has 7 heteroatoms. The fourth-order valence-corrected chi connectivity index (χ4v) is 2.74. The number of primary sulfonamides is 1. The molecule has 0 fully saturated rings. The summed E-state index contributed by atoms with van der Waals surface area (Å²) in [5.41, 5.74) is 6.77. The van der Waals surface area contributed by atoms with Gasteiger partial charge in [-0.2, -0.15) is 0 Å². The van der Waals surface area contributed by atoms with E-state index in [-0.39, 0.29) is 17.3 Å². The van der Waals surface area contributed by atoms with Crippen LogP contribution in [0.1, 0.15) is 5.56 Å². The zero-order valence-electron chi connectivity index (χ0n) is 10.4. The monoisotopic (exact) mass is 356 g/mol. The van der Waals surface area contributed by atoms with Gasteiger partial charge in [-0.15, -0.1) is 0 Å². The maximum absolute atomic E-state index is 11.5. The third kappa shape index (κ3) is 3.50. The van der Waals surface area contributed by atoms with Gasteiger partial charge in [-0.05, 0) is 24.3 Å². The lowest BCUT2D eigenvalue weighted by molar-refractivity contribution is 0.297. The fraction of sp³-hybridized carbons (Fsp3) is 0.0769. The van der Waals surface area contributed by atoms with Gasteiger partial charge in [0.15, 0.2) is 0 Å². The van der Waals surface area contributed by atoms with E-state index in [4.69, 9.17) is 15.6 Å². The SMILES string of the molecule is Nc1ccc(OCc2ccccc2Br)c(S(N)(=O)=O)c1. The molecule has 0 amide bonds. The number of anilines is 1. The molecule has 0 aliphatic carbocycles. The Morgan fingerprint density at radius 1 is 1.15 bits per heavy atom. The van der Waals surface area contributed by atoms with Crippen LogP contribution in [0.5, 0.6) is 5.75 Å². The second kappa shape index (κ2) is 5.82.